The highest BCUT2D eigenvalue weighted by Crippen LogP contribution is 2.05. The van der Waals surface area contributed by atoms with Gasteiger partial charge in [0.05, 0.1) is 6.61 Å². The molecule has 0 unspecified atom stereocenters. The van der Waals surface area contributed by atoms with E-state index in [9.17, 15) is 9.59 Å². The topological polar surface area (TPSA) is 93.1 Å². The first-order valence-electron chi connectivity index (χ1n) is 4.96. The number of carboxylic acid groups (broad SMARTS) is 2. The highest BCUT2D eigenvalue weighted by molar-refractivity contribution is 5.57. The predicted molar refractivity (Wildman–Crippen MR) is 57.7 cm³/mol. The molecular weight excluding hydrogens is 216 g/mol. The fourth-order valence-electron chi connectivity index (χ4n) is 0.566. The van der Waals surface area contributed by atoms with Crippen molar-refractivity contribution in [3.63, 3.8) is 0 Å². The van der Waals surface area contributed by atoms with Crippen molar-refractivity contribution in [2.75, 3.05) is 6.61 Å². The van der Waals surface area contributed by atoms with E-state index < -0.39 is 17.9 Å². The van der Waals surface area contributed by atoms with E-state index in [4.69, 9.17) is 10.2 Å². The fourth-order valence-corrected chi connectivity index (χ4v) is 0.566. The molecule has 0 aromatic heterocycles. The van der Waals surface area contributed by atoms with Gasteiger partial charge in [0, 0.05) is 0 Å². The summed E-state index contributed by atoms with van der Waals surface area (Å²) in [5, 5.41) is 15.9. The minimum Gasteiger partial charge on any atom is -0.450 e. The first-order chi connectivity index (χ1) is 7.19. The molecule has 0 saturated heterocycles. The molecule has 16 heavy (non-hydrogen) atoms. The second-order valence-corrected chi connectivity index (χ2v) is 3.95. The molecule has 0 aromatic carbocycles. The number of ether oxygens (including phenoxy) is 2. The third-order valence-electron chi connectivity index (χ3n) is 1.12. The molecule has 0 aliphatic rings. The van der Waals surface area contributed by atoms with Crippen molar-refractivity contribution in [3.8, 4) is 0 Å². The maximum atomic E-state index is 9.79. The standard InChI is InChI=1S/2C5H10O3/c1-5(2,3)8-4(6)7;1-2-3-4-8-5(6)7/h1-3H3,(H,6,7);2-4H2,1H3,(H,6,7). The van der Waals surface area contributed by atoms with Crippen LogP contribution in [0.1, 0.15) is 40.5 Å². The molecule has 0 spiro atoms. The Kier molecular flexibility index (Phi) is 9.34. The lowest BCUT2D eigenvalue weighted by molar-refractivity contribution is 0.0150. The van der Waals surface area contributed by atoms with Crippen LogP contribution < -0.4 is 0 Å². The summed E-state index contributed by atoms with van der Waals surface area (Å²) >= 11 is 0. The van der Waals surface area contributed by atoms with E-state index in [-0.39, 0.29) is 0 Å². The molecule has 6 nitrogen and oxygen atoms in total. The lowest BCUT2D eigenvalue weighted by Crippen LogP contribution is -2.22. The van der Waals surface area contributed by atoms with Crippen LogP contribution in [0.2, 0.25) is 0 Å². The Labute approximate surface area is 95.2 Å². The van der Waals surface area contributed by atoms with Crippen molar-refractivity contribution in [2.24, 2.45) is 0 Å². The minimum absolute atomic E-state index is 0.325. The maximum absolute atomic E-state index is 9.79. The van der Waals surface area contributed by atoms with Gasteiger partial charge in [-0.1, -0.05) is 13.3 Å². The Balaban J connectivity index is 0. The van der Waals surface area contributed by atoms with Gasteiger partial charge in [-0.2, -0.15) is 0 Å². The normalized spacial score (nSPS) is 9.75. The van der Waals surface area contributed by atoms with E-state index in [1.165, 1.54) is 0 Å². The fraction of sp³-hybridized carbons (Fsp3) is 0.800. The number of rotatable bonds is 3. The van der Waals surface area contributed by atoms with Crippen LogP contribution in [0.4, 0.5) is 9.59 Å². The Bertz CT molecular complexity index is 206. The molecule has 0 rings (SSSR count). The first kappa shape index (κ1) is 17.0. The number of hydrogen-bond donors (Lipinski definition) is 2. The zero-order valence-corrected chi connectivity index (χ0v) is 10.1. The van der Waals surface area contributed by atoms with Crippen LogP contribution in [-0.4, -0.2) is 34.7 Å². The van der Waals surface area contributed by atoms with E-state index in [0.29, 0.717) is 6.61 Å². The van der Waals surface area contributed by atoms with Gasteiger partial charge >= 0.3 is 12.3 Å². The molecule has 0 aliphatic carbocycles. The smallest absolute Gasteiger partial charge is 0.450 e. The summed E-state index contributed by atoms with van der Waals surface area (Å²) in [4.78, 5) is 19.4. The van der Waals surface area contributed by atoms with Gasteiger partial charge in [-0.3, -0.25) is 0 Å². The molecule has 0 aromatic rings. The lowest BCUT2D eigenvalue weighted by atomic mass is 10.2. The summed E-state index contributed by atoms with van der Waals surface area (Å²) < 4.78 is 8.55. The summed E-state index contributed by atoms with van der Waals surface area (Å²) in [6.45, 7) is 7.35. The Morgan fingerprint density at radius 3 is 1.81 bits per heavy atom. The van der Waals surface area contributed by atoms with Gasteiger partial charge in [0.15, 0.2) is 0 Å². The quantitative estimate of drug-likeness (QED) is 0.578. The maximum Gasteiger partial charge on any atom is 0.506 e. The van der Waals surface area contributed by atoms with Crippen LogP contribution in [0.5, 0.6) is 0 Å². The highest BCUT2D eigenvalue weighted by Gasteiger charge is 2.13. The van der Waals surface area contributed by atoms with Crippen molar-refractivity contribution in [3.05, 3.63) is 0 Å². The molecule has 0 heterocycles. The third kappa shape index (κ3) is 22.9. The van der Waals surface area contributed by atoms with Crippen molar-refractivity contribution in [1.82, 2.24) is 0 Å². The van der Waals surface area contributed by atoms with Gasteiger partial charge < -0.3 is 19.7 Å². The lowest BCUT2D eigenvalue weighted by Gasteiger charge is -2.15. The number of carbonyl (C=O) groups is 2. The first-order valence-corrected chi connectivity index (χ1v) is 4.96. The molecule has 0 bridgehead atoms. The highest BCUT2D eigenvalue weighted by atomic mass is 16.7. The number of unbranched alkanes of at least 4 members (excludes halogenated alkanes) is 1. The van der Waals surface area contributed by atoms with Gasteiger partial charge in [-0.15, -0.1) is 0 Å². The van der Waals surface area contributed by atoms with Crippen LogP contribution in [0.3, 0.4) is 0 Å². The van der Waals surface area contributed by atoms with Gasteiger partial charge in [0.25, 0.3) is 0 Å². The van der Waals surface area contributed by atoms with Crippen LogP contribution in [-0.2, 0) is 9.47 Å². The Morgan fingerprint density at radius 2 is 1.62 bits per heavy atom. The molecule has 0 saturated carbocycles. The van der Waals surface area contributed by atoms with Gasteiger partial charge in [0.2, 0.25) is 0 Å². The third-order valence-corrected chi connectivity index (χ3v) is 1.12. The average molecular weight is 236 g/mol. The van der Waals surface area contributed by atoms with Gasteiger partial charge in [-0.25, -0.2) is 9.59 Å². The van der Waals surface area contributed by atoms with Gasteiger partial charge in [-0.05, 0) is 27.2 Å². The van der Waals surface area contributed by atoms with E-state index in [0.717, 1.165) is 12.8 Å². The van der Waals surface area contributed by atoms with Crippen LogP contribution in [0.15, 0.2) is 0 Å². The van der Waals surface area contributed by atoms with Gasteiger partial charge in [0.1, 0.15) is 5.60 Å². The molecule has 2 N–H and O–H groups in total. The van der Waals surface area contributed by atoms with Crippen LogP contribution >= 0.6 is 0 Å². The summed E-state index contributed by atoms with van der Waals surface area (Å²) in [5.41, 5.74) is -0.578. The van der Waals surface area contributed by atoms with E-state index in [1.807, 2.05) is 6.92 Å². The van der Waals surface area contributed by atoms with Crippen LogP contribution in [0, 0.1) is 0 Å². The zero-order chi connectivity index (χ0) is 13.2. The Hall–Kier alpha value is -1.46. The summed E-state index contributed by atoms with van der Waals surface area (Å²) in [6.07, 6.45) is -0.629. The second kappa shape index (κ2) is 8.82. The SMILES string of the molecule is CC(C)(C)OC(=O)O.CCCCOC(=O)O. The average Bonchev–Trinajstić information content (AvgIpc) is 2.00. The molecule has 96 valence electrons. The van der Waals surface area contributed by atoms with E-state index in [2.05, 4.69) is 9.47 Å². The van der Waals surface area contributed by atoms with E-state index >= 15 is 0 Å². The second-order valence-electron chi connectivity index (χ2n) is 3.95. The monoisotopic (exact) mass is 236 g/mol. The molecule has 0 radical (unpaired) electrons. The molecule has 0 fully saturated rings. The summed E-state index contributed by atoms with van der Waals surface area (Å²) in [5.74, 6) is 0. The molecule has 0 atom stereocenters. The number of hydrogen-bond acceptors (Lipinski definition) is 4. The largest absolute Gasteiger partial charge is 0.506 e. The Morgan fingerprint density at radius 1 is 1.12 bits per heavy atom. The van der Waals surface area contributed by atoms with Crippen molar-refractivity contribution < 1.29 is 29.3 Å². The predicted octanol–water partition coefficient (Wildman–Crippen LogP) is 2.96. The van der Waals surface area contributed by atoms with Crippen molar-refractivity contribution in [1.29, 1.82) is 0 Å². The zero-order valence-electron chi connectivity index (χ0n) is 10.1. The molecule has 0 aliphatic heterocycles. The van der Waals surface area contributed by atoms with Crippen molar-refractivity contribution in [2.45, 2.75) is 46.1 Å². The molecule has 6 heteroatoms. The molecule has 0 amide bonds. The summed E-state index contributed by atoms with van der Waals surface area (Å²) in [7, 11) is 0. The summed E-state index contributed by atoms with van der Waals surface area (Å²) in [6, 6.07) is 0. The van der Waals surface area contributed by atoms with E-state index in [1.54, 1.807) is 20.8 Å². The van der Waals surface area contributed by atoms with Crippen LogP contribution in [0.25, 0.3) is 0 Å². The molecular formula is C10H20O6. The minimum atomic E-state index is -1.22. The van der Waals surface area contributed by atoms with Crippen molar-refractivity contribution >= 4 is 12.3 Å².